The topological polar surface area (TPSA) is 55.1 Å². The number of nitrogens with one attached hydrogen (secondary N) is 1. The molecule has 0 aromatic carbocycles. The fraction of sp³-hybridized carbons (Fsp3) is 0.917. The van der Waals surface area contributed by atoms with Crippen LogP contribution in [-0.4, -0.2) is 18.5 Å². The first-order chi connectivity index (χ1) is 6.89. The van der Waals surface area contributed by atoms with Crippen molar-refractivity contribution in [3.63, 3.8) is 0 Å². The number of hydrogen-bond donors (Lipinski definition) is 2. The van der Waals surface area contributed by atoms with Gasteiger partial charge in [-0.05, 0) is 30.1 Å². The monoisotopic (exact) mass is 212 g/mol. The normalized spacial score (nSPS) is 20.5. The van der Waals surface area contributed by atoms with Crippen LogP contribution in [0.2, 0.25) is 0 Å². The Labute approximate surface area is 92.8 Å². The number of carbonyl (C=O) groups is 1. The highest BCUT2D eigenvalue weighted by Crippen LogP contribution is 2.51. The Morgan fingerprint density at radius 2 is 1.87 bits per heavy atom. The molecular weight excluding hydrogens is 188 g/mol. The van der Waals surface area contributed by atoms with Gasteiger partial charge >= 0.3 is 0 Å². The Hall–Kier alpha value is -0.570. The Morgan fingerprint density at radius 3 is 2.20 bits per heavy atom. The van der Waals surface area contributed by atoms with E-state index in [1.165, 1.54) is 12.8 Å². The summed E-state index contributed by atoms with van der Waals surface area (Å²) in [4.78, 5) is 11.6. The van der Waals surface area contributed by atoms with E-state index in [0.717, 1.165) is 6.54 Å². The molecule has 0 aromatic rings. The standard InChI is InChI=1S/C12H24N2O/c1-8(2)10(13)11(15)14-7-12(5-6-12)9(3)4/h8-10H,5-7,13H2,1-4H3,(H,14,15)/t10-/m1/s1. The second kappa shape index (κ2) is 4.52. The number of hydrogen-bond acceptors (Lipinski definition) is 2. The van der Waals surface area contributed by atoms with E-state index >= 15 is 0 Å². The van der Waals surface area contributed by atoms with Crippen LogP contribution >= 0.6 is 0 Å². The molecule has 1 fully saturated rings. The van der Waals surface area contributed by atoms with E-state index in [9.17, 15) is 4.79 Å². The molecule has 3 heteroatoms. The predicted octanol–water partition coefficient (Wildman–Crippen LogP) is 1.52. The van der Waals surface area contributed by atoms with Crippen LogP contribution in [0.3, 0.4) is 0 Å². The van der Waals surface area contributed by atoms with E-state index in [1.807, 2.05) is 13.8 Å². The lowest BCUT2D eigenvalue weighted by Gasteiger charge is -2.22. The molecule has 0 aromatic heterocycles. The van der Waals surface area contributed by atoms with Crippen molar-refractivity contribution in [1.82, 2.24) is 5.32 Å². The van der Waals surface area contributed by atoms with Crippen molar-refractivity contribution in [2.24, 2.45) is 23.0 Å². The first-order valence-corrected chi connectivity index (χ1v) is 5.92. The fourth-order valence-electron chi connectivity index (χ4n) is 1.80. The molecule has 0 heterocycles. The zero-order chi connectivity index (χ0) is 11.6. The van der Waals surface area contributed by atoms with Gasteiger partial charge in [-0.1, -0.05) is 27.7 Å². The summed E-state index contributed by atoms with van der Waals surface area (Å²) >= 11 is 0. The van der Waals surface area contributed by atoms with Crippen molar-refractivity contribution >= 4 is 5.91 Å². The van der Waals surface area contributed by atoms with Crippen LogP contribution in [0.15, 0.2) is 0 Å². The maximum absolute atomic E-state index is 11.6. The molecule has 0 aliphatic heterocycles. The molecule has 0 radical (unpaired) electrons. The quantitative estimate of drug-likeness (QED) is 0.726. The molecule has 1 aliphatic carbocycles. The summed E-state index contributed by atoms with van der Waals surface area (Å²) < 4.78 is 0. The Bertz CT molecular complexity index is 232. The van der Waals surface area contributed by atoms with Gasteiger partial charge in [0, 0.05) is 6.54 Å². The Balaban J connectivity index is 2.35. The lowest BCUT2D eigenvalue weighted by molar-refractivity contribution is -0.123. The van der Waals surface area contributed by atoms with Crippen molar-refractivity contribution in [3.05, 3.63) is 0 Å². The predicted molar refractivity (Wildman–Crippen MR) is 62.3 cm³/mol. The van der Waals surface area contributed by atoms with Gasteiger partial charge in [-0.2, -0.15) is 0 Å². The summed E-state index contributed by atoms with van der Waals surface area (Å²) in [6.07, 6.45) is 2.48. The van der Waals surface area contributed by atoms with Crippen LogP contribution in [0.1, 0.15) is 40.5 Å². The number of nitrogens with two attached hydrogens (primary N) is 1. The highest BCUT2D eigenvalue weighted by Gasteiger charge is 2.45. The Kier molecular flexibility index (Phi) is 3.77. The first-order valence-electron chi connectivity index (χ1n) is 5.92. The zero-order valence-electron chi connectivity index (χ0n) is 10.3. The van der Waals surface area contributed by atoms with Gasteiger partial charge in [0.1, 0.15) is 0 Å². The molecule has 1 rings (SSSR count). The molecular formula is C12H24N2O. The van der Waals surface area contributed by atoms with E-state index in [4.69, 9.17) is 5.73 Å². The van der Waals surface area contributed by atoms with Crippen LogP contribution in [0.25, 0.3) is 0 Å². The minimum absolute atomic E-state index is 0.00285. The second-order valence-corrected chi connectivity index (χ2v) is 5.50. The highest BCUT2D eigenvalue weighted by atomic mass is 16.2. The van der Waals surface area contributed by atoms with Crippen LogP contribution in [0.5, 0.6) is 0 Å². The summed E-state index contributed by atoms with van der Waals surface area (Å²) in [5.74, 6) is 0.851. The maximum atomic E-state index is 11.6. The average Bonchev–Trinajstić information content (AvgIpc) is 2.93. The fourth-order valence-corrected chi connectivity index (χ4v) is 1.80. The molecule has 1 atom stereocenters. The van der Waals surface area contributed by atoms with Gasteiger partial charge in [-0.15, -0.1) is 0 Å². The van der Waals surface area contributed by atoms with E-state index < -0.39 is 0 Å². The molecule has 1 aliphatic rings. The zero-order valence-corrected chi connectivity index (χ0v) is 10.3. The molecule has 0 bridgehead atoms. The third-order valence-corrected chi connectivity index (χ3v) is 3.75. The Morgan fingerprint density at radius 1 is 1.33 bits per heavy atom. The van der Waals surface area contributed by atoms with Gasteiger partial charge in [-0.3, -0.25) is 4.79 Å². The molecule has 3 nitrogen and oxygen atoms in total. The number of rotatable bonds is 5. The number of carbonyl (C=O) groups excluding carboxylic acids is 1. The van der Waals surface area contributed by atoms with Crippen LogP contribution in [-0.2, 0) is 4.79 Å². The first kappa shape index (κ1) is 12.5. The minimum Gasteiger partial charge on any atom is -0.354 e. The molecule has 0 saturated heterocycles. The van der Waals surface area contributed by atoms with Crippen molar-refractivity contribution in [1.29, 1.82) is 0 Å². The summed E-state index contributed by atoms with van der Waals surface area (Å²) in [6.45, 7) is 9.19. The third-order valence-electron chi connectivity index (χ3n) is 3.75. The van der Waals surface area contributed by atoms with E-state index in [1.54, 1.807) is 0 Å². The van der Waals surface area contributed by atoms with Crippen LogP contribution < -0.4 is 11.1 Å². The molecule has 15 heavy (non-hydrogen) atoms. The van der Waals surface area contributed by atoms with Gasteiger partial charge in [0.15, 0.2) is 0 Å². The van der Waals surface area contributed by atoms with Gasteiger partial charge in [0.05, 0.1) is 6.04 Å². The average molecular weight is 212 g/mol. The van der Waals surface area contributed by atoms with E-state index in [0.29, 0.717) is 11.3 Å². The van der Waals surface area contributed by atoms with Crippen LogP contribution in [0, 0.1) is 17.3 Å². The van der Waals surface area contributed by atoms with E-state index in [-0.39, 0.29) is 17.9 Å². The molecule has 88 valence electrons. The van der Waals surface area contributed by atoms with Crippen molar-refractivity contribution in [2.45, 2.75) is 46.6 Å². The van der Waals surface area contributed by atoms with Crippen molar-refractivity contribution < 1.29 is 4.79 Å². The summed E-state index contributed by atoms with van der Waals surface area (Å²) in [6, 6.07) is -0.368. The van der Waals surface area contributed by atoms with Gasteiger partial charge in [0.25, 0.3) is 0 Å². The van der Waals surface area contributed by atoms with E-state index in [2.05, 4.69) is 19.2 Å². The largest absolute Gasteiger partial charge is 0.354 e. The van der Waals surface area contributed by atoms with Gasteiger partial charge < -0.3 is 11.1 Å². The maximum Gasteiger partial charge on any atom is 0.237 e. The van der Waals surface area contributed by atoms with Gasteiger partial charge in [-0.25, -0.2) is 0 Å². The van der Waals surface area contributed by atoms with Crippen molar-refractivity contribution in [3.8, 4) is 0 Å². The SMILES string of the molecule is CC(C)[C@@H](N)C(=O)NCC1(C(C)C)CC1. The molecule has 1 amide bonds. The lowest BCUT2D eigenvalue weighted by atomic mass is 9.92. The summed E-state index contributed by atoms with van der Waals surface area (Å²) in [7, 11) is 0. The smallest absolute Gasteiger partial charge is 0.237 e. The lowest BCUT2D eigenvalue weighted by Crippen LogP contribution is -2.46. The molecule has 0 unspecified atom stereocenters. The van der Waals surface area contributed by atoms with Gasteiger partial charge in [0.2, 0.25) is 5.91 Å². The molecule has 1 saturated carbocycles. The number of amides is 1. The van der Waals surface area contributed by atoms with Crippen molar-refractivity contribution in [2.75, 3.05) is 6.54 Å². The summed E-state index contributed by atoms with van der Waals surface area (Å²) in [5.41, 5.74) is 6.14. The summed E-state index contributed by atoms with van der Waals surface area (Å²) in [5, 5.41) is 2.98. The third kappa shape index (κ3) is 2.94. The minimum atomic E-state index is -0.368. The van der Waals surface area contributed by atoms with Crippen LogP contribution in [0.4, 0.5) is 0 Å². The second-order valence-electron chi connectivity index (χ2n) is 5.50. The molecule has 3 N–H and O–H groups in total. The molecule has 0 spiro atoms. The highest BCUT2D eigenvalue weighted by molar-refractivity contribution is 5.81.